The van der Waals surface area contributed by atoms with Gasteiger partial charge in [-0.05, 0) is 47.0 Å². The van der Waals surface area contributed by atoms with E-state index in [1.807, 2.05) is 12.1 Å². The molecule has 0 unspecified atom stereocenters. The van der Waals surface area contributed by atoms with Gasteiger partial charge < -0.3 is 15.4 Å². The minimum absolute atomic E-state index is 0.0124. The molecule has 0 saturated carbocycles. The van der Waals surface area contributed by atoms with Crippen LogP contribution in [0.15, 0.2) is 27.1 Å². The Bertz CT molecular complexity index is 543. The van der Waals surface area contributed by atoms with Crippen LogP contribution < -0.4 is 10.5 Å². The zero-order valence-corrected chi connectivity index (χ0v) is 14.5. The van der Waals surface area contributed by atoms with Gasteiger partial charge in [0.15, 0.2) is 6.61 Å². The second kappa shape index (κ2) is 7.26. The summed E-state index contributed by atoms with van der Waals surface area (Å²) in [5.74, 6) is 0.152. The number of likely N-dealkylation sites (tertiary alicyclic amines) is 1. The maximum absolute atomic E-state index is 12.1. The van der Waals surface area contributed by atoms with E-state index < -0.39 is 0 Å². The lowest BCUT2D eigenvalue weighted by atomic mass is 9.96. The summed E-state index contributed by atoms with van der Waals surface area (Å²) in [5, 5.41) is 0. The van der Waals surface area contributed by atoms with Crippen molar-refractivity contribution in [2.75, 3.05) is 19.7 Å². The maximum atomic E-state index is 12.1. The van der Waals surface area contributed by atoms with Gasteiger partial charge in [-0.1, -0.05) is 15.9 Å². The molecule has 1 aromatic carbocycles. The number of halogens is 2. The van der Waals surface area contributed by atoms with Crippen LogP contribution >= 0.6 is 31.9 Å². The number of amides is 2. The van der Waals surface area contributed by atoms with Crippen molar-refractivity contribution in [1.29, 1.82) is 0 Å². The van der Waals surface area contributed by atoms with Crippen molar-refractivity contribution in [2.24, 2.45) is 11.7 Å². The fourth-order valence-corrected chi connectivity index (χ4v) is 3.40. The van der Waals surface area contributed by atoms with Gasteiger partial charge in [0.25, 0.3) is 5.91 Å². The van der Waals surface area contributed by atoms with E-state index in [9.17, 15) is 9.59 Å². The molecule has 2 amide bonds. The molecular formula is C14H16Br2N2O3. The Morgan fingerprint density at radius 3 is 2.52 bits per heavy atom. The molecule has 0 radical (unpaired) electrons. The summed E-state index contributed by atoms with van der Waals surface area (Å²) < 4.78 is 7.25. The highest BCUT2D eigenvalue weighted by Gasteiger charge is 2.26. The number of carbonyl (C=O) groups is 2. The van der Waals surface area contributed by atoms with Gasteiger partial charge in [-0.3, -0.25) is 9.59 Å². The molecule has 0 bridgehead atoms. The van der Waals surface area contributed by atoms with E-state index in [1.54, 1.807) is 11.0 Å². The van der Waals surface area contributed by atoms with Gasteiger partial charge in [0.1, 0.15) is 5.75 Å². The number of carbonyl (C=O) groups excluding carboxylic acids is 2. The second-order valence-corrected chi connectivity index (χ2v) is 6.69. The third-order valence-electron chi connectivity index (χ3n) is 3.50. The smallest absolute Gasteiger partial charge is 0.260 e. The highest BCUT2D eigenvalue weighted by atomic mass is 79.9. The van der Waals surface area contributed by atoms with E-state index in [4.69, 9.17) is 10.5 Å². The van der Waals surface area contributed by atoms with E-state index >= 15 is 0 Å². The molecule has 0 aliphatic carbocycles. The molecule has 0 atom stereocenters. The van der Waals surface area contributed by atoms with Crippen LogP contribution in [0.1, 0.15) is 12.8 Å². The molecule has 1 aliphatic heterocycles. The number of nitrogens with two attached hydrogens (primary N) is 1. The zero-order chi connectivity index (χ0) is 15.4. The van der Waals surface area contributed by atoms with Crippen molar-refractivity contribution in [1.82, 2.24) is 4.90 Å². The van der Waals surface area contributed by atoms with Crippen LogP contribution in [-0.2, 0) is 9.59 Å². The predicted molar refractivity (Wildman–Crippen MR) is 85.8 cm³/mol. The molecule has 114 valence electrons. The molecule has 1 saturated heterocycles. The third kappa shape index (κ3) is 4.44. The molecule has 21 heavy (non-hydrogen) atoms. The third-order valence-corrected chi connectivity index (χ3v) is 4.61. The first-order valence-electron chi connectivity index (χ1n) is 6.62. The monoisotopic (exact) mass is 418 g/mol. The summed E-state index contributed by atoms with van der Waals surface area (Å²) in [6.07, 6.45) is 1.26. The van der Waals surface area contributed by atoms with Gasteiger partial charge >= 0.3 is 0 Å². The van der Waals surface area contributed by atoms with Crippen LogP contribution in [0.2, 0.25) is 0 Å². The average molecular weight is 420 g/mol. The number of nitrogens with zero attached hydrogens (tertiary/aromatic N) is 1. The van der Waals surface area contributed by atoms with Crippen LogP contribution in [0.4, 0.5) is 0 Å². The van der Waals surface area contributed by atoms with Crippen molar-refractivity contribution in [2.45, 2.75) is 12.8 Å². The van der Waals surface area contributed by atoms with Gasteiger partial charge in [-0.25, -0.2) is 0 Å². The van der Waals surface area contributed by atoms with E-state index in [0.29, 0.717) is 31.7 Å². The summed E-state index contributed by atoms with van der Waals surface area (Å²) in [6, 6.07) is 5.50. The second-order valence-electron chi connectivity index (χ2n) is 4.92. The molecule has 1 aliphatic rings. The molecule has 1 aromatic rings. The fourth-order valence-electron chi connectivity index (χ4n) is 2.24. The molecule has 7 heteroatoms. The summed E-state index contributed by atoms with van der Waals surface area (Å²) >= 11 is 6.74. The summed E-state index contributed by atoms with van der Waals surface area (Å²) in [5.41, 5.74) is 5.28. The van der Waals surface area contributed by atoms with Crippen LogP contribution in [0.3, 0.4) is 0 Å². The quantitative estimate of drug-likeness (QED) is 0.813. The van der Waals surface area contributed by atoms with Crippen molar-refractivity contribution in [3.63, 3.8) is 0 Å². The fraction of sp³-hybridized carbons (Fsp3) is 0.429. The number of rotatable bonds is 4. The lowest BCUT2D eigenvalue weighted by molar-refractivity contribution is -0.136. The van der Waals surface area contributed by atoms with Gasteiger partial charge in [-0.2, -0.15) is 0 Å². The molecule has 0 spiro atoms. The normalized spacial score (nSPS) is 15.8. The molecule has 2 N–H and O–H groups in total. The van der Waals surface area contributed by atoms with Crippen molar-refractivity contribution >= 4 is 43.7 Å². The number of primary amides is 1. The van der Waals surface area contributed by atoms with Crippen molar-refractivity contribution in [3.8, 4) is 5.75 Å². The number of piperidine rings is 1. The van der Waals surface area contributed by atoms with E-state index in [2.05, 4.69) is 31.9 Å². The Hall–Kier alpha value is -1.08. The Morgan fingerprint density at radius 2 is 1.95 bits per heavy atom. The maximum Gasteiger partial charge on any atom is 0.260 e. The van der Waals surface area contributed by atoms with E-state index in [1.165, 1.54) is 0 Å². The molecule has 0 aromatic heterocycles. The lowest BCUT2D eigenvalue weighted by Crippen LogP contribution is -2.43. The molecule has 5 nitrogen and oxygen atoms in total. The Morgan fingerprint density at radius 1 is 1.29 bits per heavy atom. The number of hydrogen-bond acceptors (Lipinski definition) is 3. The molecule has 1 heterocycles. The number of benzene rings is 1. The molecule has 2 rings (SSSR count). The van der Waals surface area contributed by atoms with Gasteiger partial charge in [-0.15, -0.1) is 0 Å². The first kappa shape index (κ1) is 16.3. The number of hydrogen-bond donors (Lipinski definition) is 1. The Balaban J connectivity index is 1.84. The lowest BCUT2D eigenvalue weighted by Gasteiger charge is -2.30. The average Bonchev–Trinajstić information content (AvgIpc) is 2.46. The van der Waals surface area contributed by atoms with Gasteiger partial charge in [0.2, 0.25) is 5.91 Å². The van der Waals surface area contributed by atoms with Crippen molar-refractivity contribution in [3.05, 3.63) is 27.1 Å². The SMILES string of the molecule is NC(=O)C1CCN(C(=O)COc2ccc(Br)cc2Br)CC1. The van der Waals surface area contributed by atoms with E-state index in [0.717, 1.165) is 8.95 Å². The minimum atomic E-state index is -0.280. The first-order valence-corrected chi connectivity index (χ1v) is 8.21. The Labute approximate surface area is 140 Å². The number of ether oxygens (including phenoxy) is 1. The Kier molecular flexibility index (Phi) is 5.64. The van der Waals surface area contributed by atoms with Crippen LogP contribution in [0.5, 0.6) is 5.75 Å². The topological polar surface area (TPSA) is 72.6 Å². The molecular weight excluding hydrogens is 404 g/mol. The zero-order valence-electron chi connectivity index (χ0n) is 11.4. The van der Waals surface area contributed by atoms with Crippen LogP contribution in [0.25, 0.3) is 0 Å². The predicted octanol–water partition coefficient (Wildman–Crippen LogP) is 2.31. The highest BCUT2D eigenvalue weighted by Crippen LogP contribution is 2.28. The van der Waals surface area contributed by atoms with Gasteiger partial charge in [0, 0.05) is 23.5 Å². The van der Waals surface area contributed by atoms with Gasteiger partial charge in [0.05, 0.1) is 4.47 Å². The van der Waals surface area contributed by atoms with Crippen molar-refractivity contribution < 1.29 is 14.3 Å². The largest absolute Gasteiger partial charge is 0.483 e. The highest BCUT2D eigenvalue weighted by molar-refractivity contribution is 9.11. The summed E-state index contributed by atoms with van der Waals surface area (Å²) in [6.45, 7) is 1.09. The minimum Gasteiger partial charge on any atom is -0.483 e. The summed E-state index contributed by atoms with van der Waals surface area (Å²) in [7, 11) is 0. The standard InChI is InChI=1S/C14H16Br2N2O3/c15-10-1-2-12(11(16)7-10)21-8-13(19)18-5-3-9(4-6-18)14(17)20/h1-2,7,9H,3-6,8H2,(H2,17,20). The van der Waals surface area contributed by atoms with E-state index in [-0.39, 0.29) is 24.3 Å². The first-order chi connectivity index (χ1) is 9.97. The molecule has 1 fully saturated rings. The van der Waals surface area contributed by atoms with Crippen LogP contribution in [0, 0.1) is 5.92 Å². The van der Waals surface area contributed by atoms with Crippen LogP contribution in [-0.4, -0.2) is 36.4 Å². The summed E-state index contributed by atoms with van der Waals surface area (Å²) in [4.78, 5) is 24.9.